The van der Waals surface area contributed by atoms with Crippen molar-refractivity contribution in [1.82, 2.24) is 35.1 Å². The lowest BCUT2D eigenvalue weighted by Gasteiger charge is -2.04. The Kier molecular flexibility index (Phi) is 17.2. The summed E-state index contributed by atoms with van der Waals surface area (Å²) in [6.45, 7) is 25.2. The summed E-state index contributed by atoms with van der Waals surface area (Å²) < 4.78 is 0. The van der Waals surface area contributed by atoms with Gasteiger partial charge in [-0.05, 0) is 179 Å². The minimum Gasteiger partial charge on any atom is -0.264 e. The standard InChI is InChI=1S/C12H12.3C11H11N.2C10H10N2/c1-9-5-3-7-11-8-4-6-10(2)12(9)11;1-8-4-3-5-10-7-12-6-9(2)11(8)10;1-8-4-3-5-10-6-7-12-9(2)11(8)10;1-8-4-3-5-10-11(8)9(2)6-7-12-10;1-7-4-3-5-9-10(7)8(2)11-6-12-9;1-7-4-3-5-9-6-11-12-8(2)10(7)9/h3-8H,1-2H3;3*3-7H,1-2H3;2*3-6H,1-2H3. The Hall–Kier alpha value is -8.29. The summed E-state index contributed by atoms with van der Waals surface area (Å²) in [7, 11) is 0. The van der Waals surface area contributed by atoms with Crippen molar-refractivity contribution in [2.75, 3.05) is 0 Å². The minimum atomic E-state index is 1.01. The molecule has 5 heterocycles. The number of hydrogen-bond acceptors (Lipinski definition) is 7. The molecule has 0 atom stereocenters. The molecule has 0 aliphatic rings. The Labute approximate surface area is 425 Å². The van der Waals surface area contributed by atoms with Gasteiger partial charge in [-0.15, -0.1) is 0 Å². The van der Waals surface area contributed by atoms with Crippen LogP contribution in [0, 0.1) is 83.1 Å². The quantitative estimate of drug-likeness (QED) is 0.150. The van der Waals surface area contributed by atoms with Crippen molar-refractivity contribution < 1.29 is 0 Å². The highest BCUT2D eigenvalue weighted by atomic mass is 15.1. The third kappa shape index (κ3) is 12.3. The van der Waals surface area contributed by atoms with Gasteiger partial charge in [-0.25, -0.2) is 9.97 Å². The fourth-order valence-electron chi connectivity index (χ4n) is 9.57. The van der Waals surface area contributed by atoms with Gasteiger partial charge in [-0.3, -0.25) is 15.0 Å². The van der Waals surface area contributed by atoms with E-state index in [1.165, 1.54) is 104 Å². The molecule has 0 aliphatic heterocycles. The lowest BCUT2D eigenvalue weighted by atomic mass is 10.0. The molecule has 0 bridgehead atoms. The van der Waals surface area contributed by atoms with Gasteiger partial charge in [0.1, 0.15) is 6.33 Å². The van der Waals surface area contributed by atoms with Crippen LogP contribution >= 0.6 is 0 Å². The van der Waals surface area contributed by atoms with Crippen molar-refractivity contribution in [3.05, 3.63) is 244 Å². The van der Waals surface area contributed by atoms with E-state index >= 15 is 0 Å². The van der Waals surface area contributed by atoms with Gasteiger partial charge in [0.15, 0.2) is 0 Å². The Morgan fingerprint density at radius 2 is 0.667 bits per heavy atom. The van der Waals surface area contributed by atoms with Gasteiger partial charge < -0.3 is 0 Å². The zero-order valence-electron chi connectivity index (χ0n) is 43.9. The van der Waals surface area contributed by atoms with Gasteiger partial charge in [-0.1, -0.05) is 115 Å². The van der Waals surface area contributed by atoms with Gasteiger partial charge in [0.05, 0.1) is 22.9 Å². The van der Waals surface area contributed by atoms with Crippen molar-refractivity contribution in [1.29, 1.82) is 0 Å². The highest BCUT2D eigenvalue weighted by Gasteiger charge is 2.04. The second-order valence-corrected chi connectivity index (χ2v) is 18.4. The summed E-state index contributed by atoms with van der Waals surface area (Å²) in [6.07, 6.45) is 10.9. The van der Waals surface area contributed by atoms with Gasteiger partial charge in [-0.2, -0.15) is 10.2 Å². The summed E-state index contributed by atoms with van der Waals surface area (Å²) >= 11 is 0. The summed E-state index contributed by atoms with van der Waals surface area (Å²) in [4.78, 5) is 21.1. The van der Waals surface area contributed by atoms with E-state index in [1.54, 1.807) is 12.5 Å². The molecule has 0 fully saturated rings. The Morgan fingerprint density at radius 3 is 1.17 bits per heavy atom. The first kappa shape index (κ1) is 51.6. The topological polar surface area (TPSA) is 90.2 Å². The fourth-order valence-corrected chi connectivity index (χ4v) is 9.57. The first-order valence-corrected chi connectivity index (χ1v) is 24.4. The van der Waals surface area contributed by atoms with E-state index in [9.17, 15) is 0 Å². The number of aromatic nitrogens is 7. The molecule has 5 aromatic heterocycles. The van der Waals surface area contributed by atoms with Crippen LogP contribution in [0.15, 0.2) is 177 Å². The van der Waals surface area contributed by atoms with Crippen LogP contribution in [0.5, 0.6) is 0 Å². The first-order chi connectivity index (χ1) is 34.7. The first-order valence-electron chi connectivity index (χ1n) is 24.4. The van der Waals surface area contributed by atoms with E-state index in [4.69, 9.17) is 0 Å². The van der Waals surface area contributed by atoms with Crippen molar-refractivity contribution in [3.8, 4) is 0 Å². The number of hydrogen-bond donors (Lipinski definition) is 0. The van der Waals surface area contributed by atoms with Crippen LogP contribution in [-0.4, -0.2) is 35.1 Å². The molecule has 7 nitrogen and oxygen atoms in total. The Balaban J connectivity index is 0.000000127. The lowest BCUT2D eigenvalue weighted by molar-refractivity contribution is 1.00. The van der Waals surface area contributed by atoms with Crippen LogP contribution in [0.2, 0.25) is 0 Å². The van der Waals surface area contributed by atoms with Crippen molar-refractivity contribution in [2.45, 2.75) is 83.1 Å². The normalized spacial score (nSPS) is 10.5. The second kappa shape index (κ2) is 24.0. The van der Waals surface area contributed by atoms with Crippen LogP contribution in [0.25, 0.3) is 64.9 Å². The average Bonchev–Trinajstić information content (AvgIpc) is 3.36. The molecule has 0 spiro atoms. The molecule has 0 aliphatic carbocycles. The predicted molar refractivity (Wildman–Crippen MR) is 305 cm³/mol. The molecule has 72 heavy (non-hydrogen) atoms. The number of nitrogens with zero attached hydrogens (tertiary/aromatic N) is 7. The number of pyridine rings is 3. The SMILES string of the molecule is Cc1cccc2cccc(C)c12.Cc1cccc2ccnc(C)c12.Cc1cccc2cncc(C)c12.Cc1cccc2cnnc(C)c12.Cc1cccc2nccc(C)c12.Cc1cccc2ncnc(C)c12. The number of aryl methyl sites for hydroxylation is 12. The Morgan fingerprint density at radius 1 is 0.264 bits per heavy atom. The van der Waals surface area contributed by atoms with Crippen molar-refractivity contribution in [2.24, 2.45) is 0 Å². The molecular weight excluding hydrogens is 879 g/mol. The fraction of sp³-hybridized carbons (Fsp3) is 0.185. The van der Waals surface area contributed by atoms with Crippen LogP contribution < -0.4 is 0 Å². The number of benzene rings is 7. The number of rotatable bonds is 0. The van der Waals surface area contributed by atoms with E-state index in [0.29, 0.717) is 0 Å². The maximum atomic E-state index is 4.30. The molecule has 12 aromatic rings. The molecule has 360 valence electrons. The largest absolute Gasteiger partial charge is 0.264 e. The predicted octanol–water partition coefficient (Wildman–Crippen LogP) is 16.5. The molecule has 0 amide bonds. The number of fused-ring (bicyclic) bond motifs is 6. The molecule has 7 aromatic carbocycles. The third-order valence-corrected chi connectivity index (χ3v) is 13.0. The van der Waals surface area contributed by atoms with Crippen molar-refractivity contribution in [3.63, 3.8) is 0 Å². The van der Waals surface area contributed by atoms with E-state index in [0.717, 1.165) is 28.1 Å². The minimum absolute atomic E-state index is 1.01. The van der Waals surface area contributed by atoms with Crippen molar-refractivity contribution >= 4 is 64.9 Å². The van der Waals surface area contributed by atoms with Gasteiger partial charge >= 0.3 is 0 Å². The van der Waals surface area contributed by atoms with Crippen LogP contribution in [0.4, 0.5) is 0 Å². The third-order valence-electron chi connectivity index (χ3n) is 13.0. The molecule has 12 rings (SSSR count). The summed E-state index contributed by atoms with van der Waals surface area (Å²) in [6, 6.07) is 48.1. The van der Waals surface area contributed by atoms with E-state index in [1.807, 2.05) is 62.9 Å². The molecule has 7 heteroatoms. The highest BCUT2D eigenvalue weighted by Crippen LogP contribution is 2.24. The maximum absolute atomic E-state index is 4.30. The lowest BCUT2D eigenvalue weighted by Crippen LogP contribution is -1.89. The highest BCUT2D eigenvalue weighted by molar-refractivity contribution is 5.90. The molecule has 0 N–H and O–H groups in total. The average molecular weight is 944 g/mol. The molecule has 0 radical (unpaired) electrons. The molecular formula is C65H65N7. The second-order valence-electron chi connectivity index (χ2n) is 18.4. The van der Waals surface area contributed by atoms with Crippen LogP contribution in [0.1, 0.15) is 67.2 Å². The Bertz CT molecular complexity index is 2940. The van der Waals surface area contributed by atoms with Gasteiger partial charge in [0.25, 0.3) is 0 Å². The smallest absolute Gasteiger partial charge is 0.116 e. The molecule has 0 unspecified atom stereocenters. The molecule has 0 saturated carbocycles. The zero-order valence-corrected chi connectivity index (χ0v) is 43.9. The van der Waals surface area contributed by atoms with E-state index in [-0.39, 0.29) is 0 Å². The molecule has 0 saturated heterocycles. The van der Waals surface area contributed by atoms with Crippen LogP contribution in [0.3, 0.4) is 0 Å². The van der Waals surface area contributed by atoms with Gasteiger partial charge in [0, 0.05) is 68.5 Å². The van der Waals surface area contributed by atoms with E-state index < -0.39 is 0 Å². The maximum Gasteiger partial charge on any atom is 0.116 e. The van der Waals surface area contributed by atoms with Gasteiger partial charge in [0.2, 0.25) is 0 Å². The summed E-state index contributed by atoms with van der Waals surface area (Å²) in [5.74, 6) is 0. The summed E-state index contributed by atoms with van der Waals surface area (Å²) in [5.41, 5.74) is 17.0. The summed E-state index contributed by atoms with van der Waals surface area (Å²) in [5, 5.41) is 20.7. The van der Waals surface area contributed by atoms with Crippen LogP contribution in [-0.2, 0) is 0 Å². The van der Waals surface area contributed by atoms with E-state index in [2.05, 4.69) is 220 Å². The zero-order chi connectivity index (χ0) is 51.3. The monoisotopic (exact) mass is 944 g/mol.